The van der Waals surface area contributed by atoms with Crippen molar-refractivity contribution in [2.24, 2.45) is 0 Å². The standard InChI is InChI=1S/C12H10ClNO/c13-11-8-12-10(4-5-14-12)7-9(11)3-1-2-6-15/h4-5,7-8,14-15H,2,6H2. The lowest BCUT2D eigenvalue weighted by molar-refractivity contribution is 0.305. The summed E-state index contributed by atoms with van der Waals surface area (Å²) in [7, 11) is 0. The van der Waals surface area contributed by atoms with Crippen molar-refractivity contribution in [2.75, 3.05) is 6.61 Å². The van der Waals surface area contributed by atoms with Crippen molar-refractivity contribution in [3.05, 3.63) is 35.0 Å². The molecule has 1 aromatic heterocycles. The monoisotopic (exact) mass is 219 g/mol. The van der Waals surface area contributed by atoms with E-state index in [2.05, 4.69) is 16.8 Å². The molecule has 2 rings (SSSR count). The van der Waals surface area contributed by atoms with Crippen molar-refractivity contribution in [2.45, 2.75) is 6.42 Å². The van der Waals surface area contributed by atoms with E-state index in [-0.39, 0.29) is 6.61 Å². The van der Waals surface area contributed by atoms with Crippen molar-refractivity contribution in [3.8, 4) is 11.8 Å². The largest absolute Gasteiger partial charge is 0.395 e. The molecule has 2 nitrogen and oxygen atoms in total. The van der Waals surface area contributed by atoms with Crippen LogP contribution in [0.4, 0.5) is 0 Å². The number of H-pyrrole nitrogens is 1. The SMILES string of the molecule is OCCC#Cc1cc2cc[nH]c2cc1Cl. The van der Waals surface area contributed by atoms with Gasteiger partial charge in [0.2, 0.25) is 0 Å². The predicted octanol–water partition coefficient (Wildman–Crippen LogP) is 2.56. The zero-order chi connectivity index (χ0) is 10.7. The summed E-state index contributed by atoms with van der Waals surface area (Å²) in [6.45, 7) is 0.0804. The van der Waals surface area contributed by atoms with Gasteiger partial charge in [-0.2, -0.15) is 0 Å². The average Bonchev–Trinajstić information content (AvgIpc) is 2.65. The number of fused-ring (bicyclic) bond motifs is 1. The number of aliphatic hydroxyl groups is 1. The third-order valence-electron chi connectivity index (χ3n) is 2.10. The van der Waals surface area contributed by atoms with E-state index >= 15 is 0 Å². The zero-order valence-electron chi connectivity index (χ0n) is 8.05. The fourth-order valence-electron chi connectivity index (χ4n) is 1.38. The summed E-state index contributed by atoms with van der Waals surface area (Å²) in [6.07, 6.45) is 2.34. The molecule has 0 saturated heterocycles. The van der Waals surface area contributed by atoms with Gasteiger partial charge in [-0.3, -0.25) is 0 Å². The molecule has 76 valence electrons. The Morgan fingerprint density at radius 1 is 1.40 bits per heavy atom. The van der Waals surface area contributed by atoms with Gasteiger partial charge in [0, 0.05) is 29.1 Å². The van der Waals surface area contributed by atoms with Gasteiger partial charge in [0.25, 0.3) is 0 Å². The van der Waals surface area contributed by atoms with E-state index in [1.807, 2.05) is 24.4 Å². The first-order valence-corrected chi connectivity index (χ1v) is 5.05. The number of benzene rings is 1. The highest BCUT2D eigenvalue weighted by atomic mass is 35.5. The summed E-state index contributed by atoms with van der Waals surface area (Å²) in [5.41, 5.74) is 1.81. The van der Waals surface area contributed by atoms with Crippen molar-refractivity contribution in [1.29, 1.82) is 0 Å². The van der Waals surface area contributed by atoms with Crippen molar-refractivity contribution in [3.63, 3.8) is 0 Å². The molecule has 0 atom stereocenters. The van der Waals surface area contributed by atoms with Crippen molar-refractivity contribution in [1.82, 2.24) is 4.98 Å². The van der Waals surface area contributed by atoms with Gasteiger partial charge in [-0.05, 0) is 18.2 Å². The van der Waals surface area contributed by atoms with Crippen LogP contribution in [-0.4, -0.2) is 16.7 Å². The molecule has 2 N–H and O–H groups in total. The lowest BCUT2D eigenvalue weighted by atomic mass is 10.1. The minimum atomic E-state index is 0.0804. The lowest BCUT2D eigenvalue weighted by Gasteiger charge is -1.96. The van der Waals surface area contributed by atoms with Crippen LogP contribution in [0.3, 0.4) is 0 Å². The molecule has 1 heterocycles. The van der Waals surface area contributed by atoms with Crippen molar-refractivity contribution >= 4 is 22.5 Å². The van der Waals surface area contributed by atoms with E-state index in [1.165, 1.54) is 0 Å². The normalized spacial score (nSPS) is 10.0. The Balaban J connectivity index is 2.43. The molecule has 0 radical (unpaired) electrons. The minimum absolute atomic E-state index is 0.0804. The Morgan fingerprint density at radius 3 is 3.07 bits per heavy atom. The van der Waals surface area contributed by atoms with Crippen LogP contribution in [0.1, 0.15) is 12.0 Å². The Kier molecular flexibility index (Phi) is 2.96. The summed E-state index contributed by atoms with van der Waals surface area (Å²) in [4.78, 5) is 3.08. The van der Waals surface area contributed by atoms with E-state index in [9.17, 15) is 0 Å². The number of halogens is 1. The molecule has 0 saturated carbocycles. The maximum atomic E-state index is 8.61. The second kappa shape index (κ2) is 4.39. The van der Waals surface area contributed by atoms with E-state index in [1.54, 1.807) is 0 Å². The van der Waals surface area contributed by atoms with E-state index < -0.39 is 0 Å². The smallest absolute Gasteiger partial charge is 0.0583 e. The number of nitrogens with one attached hydrogen (secondary N) is 1. The Bertz CT molecular complexity index is 533. The molecule has 0 fully saturated rings. The van der Waals surface area contributed by atoms with Crippen LogP contribution in [0.5, 0.6) is 0 Å². The number of hydrogen-bond donors (Lipinski definition) is 2. The summed E-state index contributed by atoms with van der Waals surface area (Å²) in [5, 5.41) is 10.3. The lowest BCUT2D eigenvalue weighted by Crippen LogP contribution is -1.80. The first kappa shape index (κ1) is 10.1. The molecule has 1 aromatic carbocycles. The Morgan fingerprint density at radius 2 is 2.27 bits per heavy atom. The van der Waals surface area contributed by atoms with E-state index in [0.29, 0.717) is 11.4 Å². The molecule has 0 aliphatic heterocycles. The molecule has 2 aromatic rings. The van der Waals surface area contributed by atoms with Crippen LogP contribution >= 0.6 is 11.6 Å². The average molecular weight is 220 g/mol. The topological polar surface area (TPSA) is 36.0 Å². The molecule has 15 heavy (non-hydrogen) atoms. The second-order valence-corrected chi connectivity index (χ2v) is 3.58. The third-order valence-corrected chi connectivity index (χ3v) is 2.41. The molecular formula is C12H10ClNO. The quantitative estimate of drug-likeness (QED) is 0.711. The molecular weight excluding hydrogens is 210 g/mol. The van der Waals surface area contributed by atoms with Crippen LogP contribution in [0, 0.1) is 11.8 Å². The summed E-state index contributed by atoms with van der Waals surface area (Å²) in [5.74, 6) is 5.79. The highest BCUT2D eigenvalue weighted by molar-refractivity contribution is 6.32. The fourth-order valence-corrected chi connectivity index (χ4v) is 1.59. The summed E-state index contributed by atoms with van der Waals surface area (Å²) >= 11 is 6.05. The number of aromatic amines is 1. The Labute approximate surface area is 92.9 Å². The first-order chi connectivity index (χ1) is 7.31. The van der Waals surface area contributed by atoms with Gasteiger partial charge < -0.3 is 10.1 Å². The van der Waals surface area contributed by atoms with Gasteiger partial charge in [-0.25, -0.2) is 0 Å². The van der Waals surface area contributed by atoms with Crippen LogP contribution < -0.4 is 0 Å². The minimum Gasteiger partial charge on any atom is -0.395 e. The first-order valence-electron chi connectivity index (χ1n) is 4.67. The number of aliphatic hydroxyl groups excluding tert-OH is 1. The van der Waals surface area contributed by atoms with E-state index in [0.717, 1.165) is 16.5 Å². The maximum Gasteiger partial charge on any atom is 0.0583 e. The molecule has 0 aliphatic carbocycles. The van der Waals surface area contributed by atoms with Gasteiger partial charge in [-0.15, -0.1) is 0 Å². The Hall–Kier alpha value is -1.43. The predicted molar refractivity (Wildman–Crippen MR) is 61.9 cm³/mol. The summed E-state index contributed by atoms with van der Waals surface area (Å²) in [6, 6.07) is 5.78. The number of hydrogen-bond acceptors (Lipinski definition) is 1. The van der Waals surface area contributed by atoms with Gasteiger partial charge in [0.15, 0.2) is 0 Å². The van der Waals surface area contributed by atoms with E-state index in [4.69, 9.17) is 16.7 Å². The van der Waals surface area contributed by atoms with Crippen LogP contribution in [-0.2, 0) is 0 Å². The maximum absolute atomic E-state index is 8.61. The molecule has 0 bridgehead atoms. The molecule has 0 aliphatic rings. The fraction of sp³-hybridized carbons (Fsp3) is 0.167. The molecule has 0 unspecified atom stereocenters. The molecule has 0 amide bonds. The molecule has 0 spiro atoms. The second-order valence-electron chi connectivity index (χ2n) is 3.17. The third kappa shape index (κ3) is 2.15. The van der Waals surface area contributed by atoms with Crippen molar-refractivity contribution < 1.29 is 5.11 Å². The summed E-state index contributed by atoms with van der Waals surface area (Å²) < 4.78 is 0. The highest BCUT2D eigenvalue weighted by Crippen LogP contribution is 2.22. The van der Waals surface area contributed by atoms with Gasteiger partial charge in [0.1, 0.15) is 0 Å². The number of aromatic nitrogens is 1. The van der Waals surface area contributed by atoms with Gasteiger partial charge in [0.05, 0.1) is 11.6 Å². The zero-order valence-corrected chi connectivity index (χ0v) is 8.80. The van der Waals surface area contributed by atoms with Crippen LogP contribution in [0.2, 0.25) is 5.02 Å². The van der Waals surface area contributed by atoms with Crippen LogP contribution in [0.25, 0.3) is 10.9 Å². The van der Waals surface area contributed by atoms with Gasteiger partial charge >= 0.3 is 0 Å². The van der Waals surface area contributed by atoms with Crippen LogP contribution in [0.15, 0.2) is 24.4 Å². The number of rotatable bonds is 1. The highest BCUT2D eigenvalue weighted by Gasteiger charge is 2.00. The van der Waals surface area contributed by atoms with Gasteiger partial charge in [-0.1, -0.05) is 23.4 Å². The molecule has 3 heteroatoms.